The number of aryl methyl sites for hydroxylation is 1. The van der Waals surface area contributed by atoms with Crippen LogP contribution in [0.2, 0.25) is 0 Å². The van der Waals surface area contributed by atoms with E-state index in [0.29, 0.717) is 25.6 Å². The number of hydrogen-bond donors (Lipinski definition) is 0. The number of thiophene rings is 1. The molecule has 0 unspecified atom stereocenters. The molecule has 3 heterocycles. The Morgan fingerprint density at radius 2 is 1.61 bits per heavy atom. The molecule has 0 radical (unpaired) electrons. The monoisotopic (exact) mass is 527 g/mol. The van der Waals surface area contributed by atoms with Crippen LogP contribution in [0.3, 0.4) is 0 Å². The van der Waals surface area contributed by atoms with Gasteiger partial charge in [0.1, 0.15) is 0 Å². The lowest BCUT2D eigenvalue weighted by Crippen LogP contribution is -2.51. The van der Waals surface area contributed by atoms with Crippen LogP contribution in [0.1, 0.15) is 58.9 Å². The van der Waals surface area contributed by atoms with Crippen LogP contribution in [0.4, 0.5) is 0 Å². The molecule has 2 aromatic carbocycles. The third-order valence-corrected chi connectivity index (χ3v) is 9.79. The van der Waals surface area contributed by atoms with Crippen molar-refractivity contribution in [2.75, 3.05) is 32.7 Å². The smallest absolute Gasteiger partial charge is 0.239 e. The van der Waals surface area contributed by atoms with Crippen LogP contribution in [0, 0.1) is 12.8 Å². The summed E-state index contributed by atoms with van der Waals surface area (Å²) in [6.07, 6.45) is 2.76. The SMILES string of the molecule is Cc1ccccc1[C@@H]1c2ccsc2CCN1[C@@H](C)C(=O)N1CCCN(C(=O)[C@H]2C[C@H]2c2ccccc2)CC1. The number of nitrogens with zero attached hydrogens (tertiary/aromatic N) is 3. The summed E-state index contributed by atoms with van der Waals surface area (Å²) in [6, 6.07) is 21.1. The van der Waals surface area contributed by atoms with Crippen LogP contribution in [0.15, 0.2) is 66.0 Å². The lowest BCUT2D eigenvalue weighted by atomic mass is 9.89. The first-order valence-electron chi connectivity index (χ1n) is 14.0. The minimum Gasteiger partial charge on any atom is -0.341 e. The molecule has 1 aromatic heterocycles. The number of rotatable bonds is 5. The van der Waals surface area contributed by atoms with E-state index in [1.54, 1.807) is 0 Å². The second kappa shape index (κ2) is 10.7. The average molecular weight is 528 g/mol. The standard InChI is InChI=1S/C32H37N3O2S/c1-22-9-6-7-12-25(22)30-26-14-20-38-29(26)13-17-35(30)23(2)31(36)33-15-8-16-34(19-18-33)32(37)28-21-27(28)24-10-4-3-5-11-24/h3-7,9-12,14,20,23,27-28,30H,8,13,15-19,21H2,1-2H3/t23-,27-,28-,30+/m0/s1. The van der Waals surface area contributed by atoms with Gasteiger partial charge in [-0.15, -0.1) is 11.3 Å². The van der Waals surface area contributed by atoms with E-state index in [1.807, 2.05) is 27.2 Å². The van der Waals surface area contributed by atoms with Crippen molar-refractivity contribution in [3.05, 3.63) is 93.2 Å². The van der Waals surface area contributed by atoms with Crippen molar-refractivity contribution in [2.45, 2.75) is 51.1 Å². The summed E-state index contributed by atoms with van der Waals surface area (Å²) in [5.41, 5.74) is 5.17. The summed E-state index contributed by atoms with van der Waals surface area (Å²) in [6.45, 7) is 7.82. The third kappa shape index (κ3) is 4.80. The molecule has 1 saturated carbocycles. The lowest BCUT2D eigenvalue weighted by molar-refractivity contribution is -0.138. The number of fused-ring (bicyclic) bond motifs is 1. The Balaban J connectivity index is 1.14. The van der Waals surface area contributed by atoms with Crippen molar-refractivity contribution in [3.8, 4) is 0 Å². The fourth-order valence-electron chi connectivity index (χ4n) is 6.53. The Morgan fingerprint density at radius 1 is 0.868 bits per heavy atom. The molecule has 3 aliphatic rings. The van der Waals surface area contributed by atoms with Crippen molar-refractivity contribution in [3.63, 3.8) is 0 Å². The van der Waals surface area contributed by atoms with E-state index in [1.165, 1.54) is 27.1 Å². The van der Waals surface area contributed by atoms with E-state index in [9.17, 15) is 9.59 Å². The average Bonchev–Trinajstić information content (AvgIpc) is 3.67. The molecule has 3 aromatic rings. The molecule has 1 saturated heterocycles. The molecule has 0 bridgehead atoms. The highest BCUT2D eigenvalue weighted by Crippen LogP contribution is 2.48. The summed E-state index contributed by atoms with van der Waals surface area (Å²) in [7, 11) is 0. The van der Waals surface area contributed by atoms with Gasteiger partial charge in [0.15, 0.2) is 0 Å². The molecule has 38 heavy (non-hydrogen) atoms. The van der Waals surface area contributed by atoms with E-state index in [0.717, 1.165) is 32.4 Å². The van der Waals surface area contributed by atoms with Crippen molar-refractivity contribution in [2.24, 2.45) is 5.92 Å². The van der Waals surface area contributed by atoms with Crippen LogP contribution >= 0.6 is 11.3 Å². The quantitative estimate of drug-likeness (QED) is 0.455. The van der Waals surface area contributed by atoms with Gasteiger partial charge in [0, 0.05) is 43.5 Å². The van der Waals surface area contributed by atoms with Gasteiger partial charge in [-0.2, -0.15) is 0 Å². The highest BCUT2D eigenvalue weighted by molar-refractivity contribution is 7.10. The largest absolute Gasteiger partial charge is 0.341 e. The molecule has 1 aliphatic carbocycles. The summed E-state index contributed by atoms with van der Waals surface area (Å²) in [5, 5.41) is 2.19. The predicted molar refractivity (Wildman–Crippen MR) is 152 cm³/mol. The van der Waals surface area contributed by atoms with Gasteiger partial charge < -0.3 is 9.80 Å². The molecule has 6 heteroatoms. The third-order valence-electron chi connectivity index (χ3n) is 8.80. The van der Waals surface area contributed by atoms with E-state index < -0.39 is 0 Å². The van der Waals surface area contributed by atoms with Crippen LogP contribution in [0.25, 0.3) is 0 Å². The molecule has 4 atom stereocenters. The minimum atomic E-state index is -0.221. The van der Waals surface area contributed by atoms with Crippen LogP contribution < -0.4 is 0 Å². The van der Waals surface area contributed by atoms with Crippen molar-refractivity contribution in [1.29, 1.82) is 0 Å². The molecule has 6 rings (SSSR count). The summed E-state index contributed by atoms with van der Waals surface area (Å²) in [4.78, 5) is 35.1. The zero-order chi connectivity index (χ0) is 26.2. The van der Waals surface area contributed by atoms with Gasteiger partial charge in [0.25, 0.3) is 0 Å². The first-order chi connectivity index (χ1) is 18.5. The van der Waals surface area contributed by atoms with Crippen molar-refractivity contribution < 1.29 is 9.59 Å². The molecule has 2 fully saturated rings. The lowest BCUT2D eigenvalue weighted by Gasteiger charge is -2.41. The van der Waals surface area contributed by atoms with E-state index in [4.69, 9.17) is 0 Å². The Hall–Kier alpha value is -2.96. The van der Waals surface area contributed by atoms with Crippen LogP contribution in [-0.4, -0.2) is 65.3 Å². The topological polar surface area (TPSA) is 43.9 Å². The fourth-order valence-corrected chi connectivity index (χ4v) is 7.43. The fraction of sp³-hybridized carbons (Fsp3) is 0.438. The molecule has 0 N–H and O–H groups in total. The molecule has 198 valence electrons. The highest BCUT2D eigenvalue weighted by Gasteiger charge is 2.46. The zero-order valence-corrected chi connectivity index (χ0v) is 23.2. The molecule has 2 aliphatic heterocycles. The van der Waals surface area contributed by atoms with Gasteiger partial charge in [0.05, 0.1) is 12.1 Å². The van der Waals surface area contributed by atoms with Gasteiger partial charge in [-0.05, 0) is 72.7 Å². The van der Waals surface area contributed by atoms with E-state index in [2.05, 4.69) is 78.7 Å². The molecule has 2 amide bonds. The Morgan fingerprint density at radius 3 is 2.42 bits per heavy atom. The predicted octanol–water partition coefficient (Wildman–Crippen LogP) is 5.26. The number of amides is 2. The van der Waals surface area contributed by atoms with Gasteiger partial charge in [-0.25, -0.2) is 0 Å². The van der Waals surface area contributed by atoms with Gasteiger partial charge in [-0.1, -0.05) is 54.6 Å². The van der Waals surface area contributed by atoms with Crippen molar-refractivity contribution >= 4 is 23.2 Å². The van der Waals surface area contributed by atoms with E-state index in [-0.39, 0.29) is 29.8 Å². The maximum absolute atomic E-state index is 13.9. The number of hydrogen-bond acceptors (Lipinski definition) is 4. The summed E-state index contributed by atoms with van der Waals surface area (Å²) >= 11 is 1.83. The molecular weight excluding hydrogens is 490 g/mol. The van der Waals surface area contributed by atoms with Crippen LogP contribution in [0.5, 0.6) is 0 Å². The highest BCUT2D eigenvalue weighted by atomic mass is 32.1. The van der Waals surface area contributed by atoms with E-state index >= 15 is 0 Å². The first-order valence-corrected chi connectivity index (χ1v) is 14.9. The summed E-state index contributed by atoms with van der Waals surface area (Å²) in [5.74, 6) is 0.901. The second-order valence-electron chi connectivity index (χ2n) is 11.1. The maximum Gasteiger partial charge on any atom is 0.239 e. The Kier molecular flexibility index (Phi) is 7.10. The maximum atomic E-state index is 13.9. The molecule has 5 nitrogen and oxygen atoms in total. The summed E-state index contributed by atoms with van der Waals surface area (Å²) < 4.78 is 0. The second-order valence-corrected chi connectivity index (χ2v) is 12.1. The van der Waals surface area contributed by atoms with Crippen molar-refractivity contribution in [1.82, 2.24) is 14.7 Å². The van der Waals surface area contributed by atoms with Gasteiger partial charge in [0.2, 0.25) is 11.8 Å². The number of carbonyl (C=O) groups is 2. The van der Waals surface area contributed by atoms with Gasteiger partial charge in [-0.3, -0.25) is 14.5 Å². The van der Waals surface area contributed by atoms with Crippen LogP contribution in [-0.2, 0) is 16.0 Å². The molecular formula is C32H37N3O2S. The van der Waals surface area contributed by atoms with Gasteiger partial charge >= 0.3 is 0 Å². The number of benzene rings is 2. The minimum absolute atomic E-state index is 0.0972. The normalized spacial score (nSPS) is 24.4. The Bertz CT molecular complexity index is 1300. The molecule has 0 spiro atoms. The Labute approximate surface area is 230 Å². The first kappa shape index (κ1) is 25.3. The number of carbonyl (C=O) groups excluding carboxylic acids is 2. The zero-order valence-electron chi connectivity index (χ0n) is 22.4.